The highest BCUT2D eigenvalue weighted by molar-refractivity contribution is 9.10. The second-order valence-electron chi connectivity index (χ2n) is 4.33. The van der Waals surface area contributed by atoms with E-state index < -0.39 is 0 Å². The first kappa shape index (κ1) is 13.9. The smallest absolute Gasteiger partial charge is 0.168 e. The zero-order valence-corrected chi connectivity index (χ0v) is 12.4. The number of rotatable bonds is 4. The standard InChI is InChI=1S/C14H14BrFN2O/c1-3-10-7-11(18(2)17-10)8-14(19)9-4-5-13(16)12(15)6-9/h4-7H,3,8H2,1-2H3. The monoisotopic (exact) mass is 324 g/mol. The highest BCUT2D eigenvalue weighted by Crippen LogP contribution is 2.18. The van der Waals surface area contributed by atoms with Crippen LogP contribution in [0.5, 0.6) is 0 Å². The molecule has 5 heteroatoms. The zero-order chi connectivity index (χ0) is 14.0. The summed E-state index contributed by atoms with van der Waals surface area (Å²) < 4.78 is 15.2. The molecule has 0 N–H and O–H groups in total. The van der Waals surface area contributed by atoms with Crippen LogP contribution in [0.1, 0.15) is 28.7 Å². The maximum absolute atomic E-state index is 13.1. The van der Waals surface area contributed by atoms with E-state index in [1.165, 1.54) is 18.2 Å². The largest absolute Gasteiger partial charge is 0.294 e. The van der Waals surface area contributed by atoms with Gasteiger partial charge in [0.25, 0.3) is 0 Å². The molecule has 19 heavy (non-hydrogen) atoms. The summed E-state index contributed by atoms with van der Waals surface area (Å²) in [4.78, 5) is 12.1. The first-order valence-corrected chi connectivity index (χ1v) is 6.80. The Hall–Kier alpha value is -1.49. The number of carbonyl (C=O) groups excluding carboxylic acids is 1. The van der Waals surface area contributed by atoms with E-state index >= 15 is 0 Å². The summed E-state index contributed by atoms with van der Waals surface area (Å²) in [7, 11) is 1.82. The molecular weight excluding hydrogens is 311 g/mol. The fraction of sp³-hybridized carbons (Fsp3) is 0.286. The summed E-state index contributed by atoms with van der Waals surface area (Å²) in [6.07, 6.45) is 1.10. The number of benzene rings is 1. The van der Waals surface area contributed by atoms with Crippen LogP contribution in [0.25, 0.3) is 0 Å². The van der Waals surface area contributed by atoms with Crippen LogP contribution in [0, 0.1) is 5.82 Å². The molecule has 0 spiro atoms. The Morgan fingerprint density at radius 1 is 1.42 bits per heavy atom. The van der Waals surface area contributed by atoms with Crippen molar-refractivity contribution in [3.8, 4) is 0 Å². The number of aryl methyl sites for hydroxylation is 2. The molecule has 0 amide bonds. The number of hydrogen-bond donors (Lipinski definition) is 0. The van der Waals surface area contributed by atoms with Gasteiger partial charge in [0.15, 0.2) is 5.78 Å². The average Bonchev–Trinajstić information content (AvgIpc) is 2.73. The van der Waals surface area contributed by atoms with Crippen LogP contribution in [0.3, 0.4) is 0 Å². The van der Waals surface area contributed by atoms with Crippen LogP contribution in [-0.4, -0.2) is 15.6 Å². The lowest BCUT2D eigenvalue weighted by atomic mass is 10.1. The molecule has 0 aliphatic rings. The van der Waals surface area contributed by atoms with Gasteiger partial charge in [-0.25, -0.2) is 4.39 Å². The van der Waals surface area contributed by atoms with Crippen LogP contribution in [-0.2, 0) is 19.9 Å². The van der Waals surface area contributed by atoms with Crippen LogP contribution < -0.4 is 0 Å². The van der Waals surface area contributed by atoms with E-state index in [9.17, 15) is 9.18 Å². The van der Waals surface area contributed by atoms with Gasteiger partial charge in [-0.05, 0) is 46.6 Å². The van der Waals surface area contributed by atoms with Gasteiger partial charge in [-0.15, -0.1) is 0 Å². The fourth-order valence-electron chi connectivity index (χ4n) is 1.85. The Morgan fingerprint density at radius 2 is 2.16 bits per heavy atom. The van der Waals surface area contributed by atoms with Gasteiger partial charge < -0.3 is 0 Å². The molecule has 0 radical (unpaired) electrons. The predicted octanol–water partition coefficient (Wildman–Crippen LogP) is 3.31. The Bertz CT molecular complexity index is 622. The second-order valence-corrected chi connectivity index (χ2v) is 5.19. The highest BCUT2D eigenvalue weighted by atomic mass is 79.9. The highest BCUT2D eigenvalue weighted by Gasteiger charge is 2.12. The topological polar surface area (TPSA) is 34.9 Å². The molecule has 3 nitrogen and oxygen atoms in total. The van der Waals surface area contributed by atoms with Crippen LogP contribution in [0.15, 0.2) is 28.7 Å². The van der Waals surface area contributed by atoms with Gasteiger partial charge in [0, 0.05) is 18.3 Å². The first-order valence-electron chi connectivity index (χ1n) is 6.01. The minimum Gasteiger partial charge on any atom is -0.294 e. The summed E-state index contributed by atoms with van der Waals surface area (Å²) >= 11 is 3.08. The number of halogens is 2. The van der Waals surface area contributed by atoms with E-state index in [2.05, 4.69) is 21.0 Å². The third-order valence-corrected chi connectivity index (χ3v) is 3.58. The lowest BCUT2D eigenvalue weighted by Gasteiger charge is -2.03. The summed E-state index contributed by atoms with van der Waals surface area (Å²) in [5.74, 6) is -0.420. The molecule has 0 saturated heterocycles. The lowest BCUT2D eigenvalue weighted by Crippen LogP contribution is -2.08. The Morgan fingerprint density at radius 3 is 2.74 bits per heavy atom. The van der Waals surface area contributed by atoms with Gasteiger partial charge in [-0.2, -0.15) is 5.10 Å². The molecular formula is C14H14BrFN2O. The zero-order valence-electron chi connectivity index (χ0n) is 10.8. The number of ketones is 1. The Kier molecular flexibility index (Phi) is 4.14. The maximum Gasteiger partial charge on any atom is 0.168 e. The van der Waals surface area contributed by atoms with Crippen LogP contribution in [0.4, 0.5) is 4.39 Å². The summed E-state index contributed by atoms with van der Waals surface area (Å²) in [5.41, 5.74) is 2.32. The van der Waals surface area contributed by atoms with Crippen LogP contribution in [0.2, 0.25) is 0 Å². The van der Waals surface area contributed by atoms with Crippen molar-refractivity contribution in [2.45, 2.75) is 19.8 Å². The van der Waals surface area contributed by atoms with E-state index in [4.69, 9.17) is 0 Å². The van der Waals surface area contributed by atoms with E-state index in [0.717, 1.165) is 17.8 Å². The molecule has 0 atom stereocenters. The predicted molar refractivity (Wildman–Crippen MR) is 74.7 cm³/mol. The van der Waals surface area contributed by atoms with Crippen molar-refractivity contribution < 1.29 is 9.18 Å². The third-order valence-electron chi connectivity index (χ3n) is 2.97. The van der Waals surface area contributed by atoms with E-state index in [-0.39, 0.29) is 18.0 Å². The summed E-state index contributed by atoms with van der Waals surface area (Å²) in [5, 5.41) is 4.30. The van der Waals surface area contributed by atoms with Crippen LogP contribution >= 0.6 is 15.9 Å². The minimum absolute atomic E-state index is 0.0497. The molecule has 2 rings (SSSR count). The molecule has 0 aliphatic heterocycles. The van der Waals surface area contributed by atoms with Crippen molar-refractivity contribution in [1.82, 2.24) is 9.78 Å². The Balaban J connectivity index is 2.20. The van der Waals surface area contributed by atoms with E-state index in [1.807, 2.05) is 20.0 Å². The van der Waals surface area contributed by atoms with Crippen molar-refractivity contribution in [1.29, 1.82) is 0 Å². The molecule has 2 aromatic rings. The molecule has 1 aromatic carbocycles. The first-order chi connectivity index (χ1) is 9.01. The molecule has 1 aromatic heterocycles. The molecule has 0 saturated carbocycles. The number of hydrogen-bond acceptors (Lipinski definition) is 2. The van der Waals surface area contributed by atoms with Crippen molar-refractivity contribution in [2.24, 2.45) is 7.05 Å². The maximum atomic E-state index is 13.1. The number of aromatic nitrogens is 2. The van der Waals surface area contributed by atoms with Crippen molar-refractivity contribution in [3.63, 3.8) is 0 Å². The molecule has 100 valence electrons. The van der Waals surface area contributed by atoms with Crippen molar-refractivity contribution >= 4 is 21.7 Å². The quantitative estimate of drug-likeness (QED) is 0.809. The number of nitrogens with zero attached hydrogens (tertiary/aromatic N) is 2. The number of Topliss-reactive ketones (excluding diaryl/α,β-unsaturated/α-hetero) is 1. The van der Waals surface area contributed by atoms with Gasteiger partial charge in [0.2, 0.25) is 0 Å². The molecule has 1 heterocycles. The van der Waals surface area contributed by atoms with Crippen molar-refractivity contribution in [2.75, 3.05) is 0 Å². The van der Waals surface area contributed by atoms with E-state index in [1.54, 1.807) is 4.68 Å². The molecule has 0 aliphatic carbocycles. The van der Waals surface area contributed by atoms with Gasteiger partial charge in [-0.1, -0.05) is 6.92 Å². The summed E-state index contributed by atoms with van der Waals surface area (Å²) in [6, 6.07) is 6.22. The van der Waals surface area contributed by atoms with Crippen molar-refractivity contribution in [3.05, 3.63) is 51.5 Å². The van der Waals surface area contributed by atoms with Gasteiger partial charge in [-0.3, -0.25) is 9.48 Å². The molecule has 0 bridgehead atoms. The van der Waals surface area contributed by atoms with Gasteiger partial charge in [0.1, 0.15) is 5.82 Å². The van der Waals surface area contributed by atoms with E-state index in [0.29, 0.717) is 10.0 Å². The minimum atomic E-state index is -0.370. The lowest BCUT2D eigenvalue weighted by molar-refractivity contribution is 0.0990. The SMILES string of the molecule is CCc1cc(CC(=O)c2ccc(F)c(Br)c2)n(C)n1. The fourth-order valence-corrected chi connectivity index (χ4v) is 2.22. The van der Waals surface area contributed by atoms with Gasteiger partial charge in [0.05, 0.1) is 16.6 Å². The molecule has 0 fully saturated rings. The normalized spacial score (nSPS) is 10.7. The van der Waals surface area contributed by atoms with Gasteiger partial charge >= 0.3 is 0 Å². The summed E-state index contributed by atoms with van der Waals surface area (Å²) in [6.45, 7) is 2.02. The second kappa shape index (κ2) is 5.65. The number of carbonyl (C=O) groups is 1. The third kappa shape index (κ3) is 3.10. The Labute approximate surface area is 119 Å². The molecule has 0 unspecified atom stereocenters. The average molecular weight is 325 g/mol.